The van der Waals surface area contributed by atoms with Gasteiger partial charge in [0.25, 0.3) is 0 Å². The second kappa shape index (κ2) is 10.1. The zero-order valence-electron chi connectivity index (χ0n) is 17.1. The van der Waals surface area contributed by atoms with Crippen molar-refractivity contribution in [2.24, 2.45) is 0 Å². The topological polar surface area (TPSA) is 166 Å². The van der Waals surface area contributed by atoms with Crippen molar-refractivity contribution in [1.82, 2.24) is 4.98 Å². The summed E-state index contributed by atoms with van der Waals surface area (Å²) in [6.45, 7) is 1.76. The molecule has 0 aliphatic carbocycles. The van der Waals surface area contributed by atoms with Gasteiger partial charge in [-0.15, -0.1) is 0 Å². The average Bonchev–Trinajstić information content (AvgIpc) is 3.32. The Kier molecular flexibility index (Phi) is 7.23. The van der Waals surface area contributed by atoms with Gasteiger partial charge >= 0.3 is 5.97 Å². The summed E-state index contributed by atoms with van der Waals surface area (Å²) >= 11 is 7.10. The van der Waals surface area contributed by atoms with Crippen LogP contribution in [0, 0.1) is 22.7 Å². The van der Waals surface area contributed by atoms with Crippen molar-refractivity contribution in [3.05, 3.63) is 58.3 Å². The maximum Gasteiger partial charge on any atom is 0.335 e. The molecule has 0 spiro atoms. The SMILES string of the molecule is CCC(Sc1nc(N)c(C#N)c(-c2ccco2)c1C#N)C(=O)Nc1cc(C(=O)O)ccc1Cl. The molecule has 2 heterocycles. The molecule has 9 nitrogen and oxygen atoms in total. The number of rotatable bonds is 7. The van der Waals surface area contributed by atoms with Crippen molar-refractivity contribution in [3.63, 3.8) is 0 Å². The van der Waals surface area contributed by atoms with E-state index in [9.17, 15) is 25.2 Å². The third-order valence-electron chi connectivity index (χ3n) is 4.57. The number of nitrogens with one attached hydrogen (secondary N) is 1. The summed E-state index contributed by atoms with van der Waals surface area (Å²) in [6.07, 6.45) is 1.74. The standard InChI is InChI=1S/C22H16ClN5O4S/c1-2-17(20(29)27-15-8-11(22(30)31)5-6-14(15)23)33-21-13(10-25)18(16-4-3-7-32-16)12(9-24)19(26)28-21/h3-8,17H,2H2,1H3,(H2,26,28)(H,27,29)(H,30,31). The van der Waals surface area contributed by atoms with Crippen LogP contribution in [0.15, 0.2) is 46.0 Å². The highest BCUT2D eigenvalue weighted by molar-refractivity contribution is 8.00. The number of nitriles is 2. The van der Waals surface area contributed by atoms with Crippen LogP contribution in [-0.4, -0.2) is 27.2 Å². The first-order valence-electron chi connectivity index (χ1n) is 9.48. The molecular formula is C22H16ClN5O4S. The number of pyridine rings is 1. The maximum absolute atomic E-state index is 13.0. The van der Waals surface area contributed by atoms with Gasteiger partial charge < -0.3 is 20.6 Å². The normalized spacial score (nSPS) is 11.3. The molecule has 166 valence electrons. The number of furan rings is 1. The minimum absolute atomic E-state index is 0.000572. The quantitative estimate of drug-likeness (QED) is 0.410. The van der Waals surface area contributed by atoms with Crippen molar-refractivity contribution in [2.45, 2.75) is 23.6 Å². The number of aromatic nitrogens is 1. The van der Waals surface area contributed by atoms with E-state index in [0.29, 0.717) is 6.42 Å². The summed E-state index contributed by atoms with van der Waals surface area (Å²) in [7, 11) is 0. The van der Waals surface area contributed by atoms with Crippen LogP contribution in [0.5, 0.6) is 0 Å². The number of benzene rings is 1. The van der Waals surface area contributed by atoms with Crippen LogP contribution >= 0.6 is 23.4 Å². The molecule has 0 saturated carbocycles. The van der Waals surface area contributed by atoms with Gasteiger partial charge in [0.1, 0.15) is 34.3 Å². The number of nitrogens with zero attached hydrogens (tertiary/aromatic N) is 3. The molecule has 2 aromatic heterocycles. The number of carbonyl (C=O) groups excluding carboxylic acids is 1. The summed E-state index contributed by atoms with van der Waals surface area (Å²) in [6, 6.07) is 11.1. The van der Waals surface area contributed by atoms with Gasteiger partial charge in [0.05, 0.1) is 38.9 Å². The summed E-state index contributed by atoms with van der Waals surface area (Å²) in [5, 5.41) is 30.8. The molecule has 0 bridgehead atoms. The van der Waals surface area contributed by atoms with E-state index >= 15 is 0 Å². The summed E-state index contributed by atoms with van der Waals surface area (Å²) < 4.78 is 5.38. The van der Waals surface area contributed by atoms with E-state index in [1.54, 1.807) is 19.1 Å². The lowest BCUT2D eigenvalue weighted by Crippen LogP contribution is -2.25. The first-order valence-corrected chi connectivity index (χ1v) is 10.7. The number of halogens is 1. The number of anilines is 2. The minimum atomic E-state index is -1.16. The van der Waals surface area contributed by atoms with Gasteiger partial charge in [0.2, 0.25) is 5.91 Å². The molecule has 33 heavy (non-hydrogen) atoms. The third-order valence-corrected chi connectivity index (χ3v) is 6.25. The van der Waals surface area contributed by atoms with E-state index in [4.69, 9.17) is 21.8 Å². The molecular weight excluding hydrogens is 466 g/mol. The van der Waals surface area contributed by atoms with Gasteiger partial charge in [-0.25, -0.2) is 9.78 Å². The lowest BCUT2D eigenvalue weighted by molar-refractivity contribution is -0.115. The molecule has 1 amide bonds. The predicted octanol–water partition coefficient (Wildman–Crippen LogP) is 4.53. The average molecular weight is 482 g/mol. The van der Waals surface area contributed by atoms with E-state index in [1.807, 2.05) is 12.1 Å². The Hall–Kier alpha value is -3.99. The van der Waals surface area contributed by atoms with Crippen LogP contribution in [0.25, 0.3) is 11.3 Å². The van der Waals surface area contributed by atoms with Crippen molar-refractivity contribution >= 4 is 46.7 Å². The fourth-order valence-corrected chi connectivity index (χ4v) is 4.16. The van der Waals surface area contributed by atoms with Crippen LogP contribution in [0.1, 0.15) is 34.8 Å². The molecule has 3 rings (SSSR count). The zero-order chi connectivity index (χ0) is 24.1. The smallest absolute Gasteiger partial charge is 0.335 e. The van der Waals surface area contributed by atoms with Crippen molar-refractivity contribution in [2.75, 3.05) is 11.1 Å². The molecule has 1 unspecified atom stereocenters. The number of amides is 1. The molecule has 0 radical (unpaired) electrons. The minimum Gasteiger partial charge on any atom is -0.478 e. The second-order valence-corrected chi connectivity index (χ2v) is 8.23. The highest BCUT2D eigenvalue weighted by Gasteiger charge is 2.27. The molecule has 1 aromatic carbocycles. The molecule has 4 N–H and O–H groups in total. The summed E-state index contributed by atoms with van der Waals surface area (Å²) in [5.74, 6) is -1.46. The summed E-state index contributed by atoms with van der Waals surface area (Å²) in [5.41, 5.74) is 6.34. The molecule has 1 atom stereocenters. The number of hydrogen-bond donors (Lipinski definition) is 3. The Bertz CT molecular complexity index is 1310. The maximum atomic E-state index is 13.0. The molecule has 3 aromatic rings. The first-order chi connectivity index (χ1) is 15.8. The van der Waals surface area contributed by atoms with Crippen LogP contribution in [0.3, 0.4) is 0 Å². The fourth-order valence-electron chi connectivity index (χ4n) is 2.97. The number of hydrogen-bond acceptors (Lipinski definition) is 8. The van der Waals surface area contributed by atoms with Gasteiger partial charge in [0, 0.05) is 0 Å². The number of carboxylic acids is 1. The molecule has 0 aliphatic heterocycles. The fraction of sp³-hybridized carbons (Fsp3) is 0.136. The first kappa shape index (κ1) is 23.7. The number of nitrogens with two attached hydrogens (primary N) is 1. The number of carboxylic acid groups (broad SMARTS) is 1. The van der Waals surface area contributed by atoms with E-state index in [0.717, 1.165) is 11.8 Å². The molecule has 0 aliphatic rings. The number of aromatic carboxylic acids is 1. The number of nitrogen functional groups attached to an aromatic ring is 1. The Balaban J connectivity index is 1.97. The highest BCUT2D eigenvalue weighted by Crippen LogP contribution is 2.38. The van der Waals surface area contributed by atoms with Gasteiger partial charge in [-0.1, -0.05) is 30.3 Å². The number of thioether (sulfide) groups is 1. The Morgan fingerprint density at radius 2 is 2.03 bits per heavy atom. The molecule has 0 fully saturated rings. The second-order valence-electron chi connectivity index (χ2n) is 6.63. The monoisotopic (exact) mass is 481 g/mol. The van der Waals surface area contributed by atoms with Crippen LogP contribution in [0.2, 0.25) is 5.02 Å². The largest absolute Gasteiger partial charge is 0.478 e. The Labute approximate surface area is 197 Å². The lowest BCUT2D eigenvalue weighted by Gasteiger charge is -2.17. The highest BCUT2D eigenvalue weighted by atomic mass is 35.5. The number of carbonyl (C=O) groups is 2. The zero-order valence-corrected chi connectivity index (χ0v) is 18.7. The Morgan fingerprint density at radius 3 is 2.61 bits per heavy atom. The van der Waals surface area contributed by atoms with E-state index in [-0.39, 0.29) is 49.6 Å². The molecule has 11 heteroatoms. The lowest BCUT2D eigenvalue weighted by atomic mass is 10.0. The van der Waals surface area contributed by atoms with Crippen molar-refractivity contribution < 1.29 is 19.1 Å². The van der Waals surface area contributed by atoms with Crippen molar-refractivity contribution in [3.8, 4) is 23.5 Å². The molecule has 0 saturated heterocycles. The van der Waals surface area contributed by atoms with Gasteiger partial charge in [-0.3, -0.25) is 4.79 Å². The Morgan fingerprint density at radius 1 is 1.30 bits per heavy atom. The summed E-state index contributed by atoms with van der Waals surface area (Å²) in [4.78, 5) is 28.4. The van der Waals surface area contributed by atoms with Crippen molar-refractivity contribution in [1.29, 1.82) is 10.5 Å². The predicted molar refractivity (Wildman–Crippen MR) is 123 cm³/mol. The van der Waals surface area contributed by atoms with Crippen LogP contribution in [0.4, 0.5) is 11.5 Å². The van der Waals surface area contributed by atoms with E-state index in [1.165, 1.54) is 24.5 Å². The van der Waals surface area contributed by atoms with E-state index < -0.39 is 17.1 Å². The third kappa shape index (κ3) is 4.93. The van der Waals surface area contributed by atoms with Crippen LogP contribution in [-0.2, 0) is 4.79 Å². The van der Waals surface area contributed by atoms with Crippen LogP contribution < -0.4 is 11.1 Å². The van der Waals surface area contributed by atoms with E-state index in [2.05, 4.69) is 10.3 Å². The van der Waals surface area contributed by atoms with Gasteiger partial charge in [0.15, 0.2) is 0 Å². The van der Waals surface area contributed by atoms with Gasteiger partial charge in [-0.2, -0.15) is 10.5 Å². The van der Waals surface area contributed by atoms with Gasteiger partial charge in [-0.05, 0) is 36.8 Å².